The summed E-state index contributed by atoms with van der Waals surface area (Å²) < 4.78 is 69.2. The van der Waals surface area contributed by atoms with E-state index in [1.165, 1.54) is 13.2 Å². The van der Waals surface area contributed by atoms with Gasteiger partial charge < -0.3 is 4.74 Å². The minimum absolute atomic E-state index is 0.0773. The number of sulfonamides is 1. The standard InChI is InChI=1S/C12H15ClF3NO3S/c1-20-8-9(13)6-7-17-21(18,19)11-5-3-2-4-10(11)12(14,15)16/h2-5,9,17H,6-8H2,1H3. The highest BCUT2D eigenvalue weighted by Gasteiger charge is 2.36. The van der Waals surface area contributed by atoms with Gasteiger partial charge in [0.1, 0.15) is 0 Å². The van der Waals surface area contributed by atoms with Crippen molar-refractivity contribution in [3.63, 3.8) is 0 Å². The van der Waals surface area contributed by atoms with Crippen molar-refractivity contribution in [2.45, 2.75) is 22.9 Å². The smallest absolute Gasteiger partial charge is 0.383 e. The number of hydrogen-bond donors (Lipinski definition) is 1. The molecular weight excluding hydrogens is 331 g/mol. The molecule has 0 radical (unpaired) electrons. The van der Waals surface area contributed by atoms with Gasteiger partial charge in [-0.1, -0.05) is 12.1 Å². The van der Waals surface area contributed by atoms with Gasteiger partial charge in [0.25, 0.3) is 0 Å². The Balaban J connectivity index is 2.85. The lowest BCUT2D eigenvalue weighted by Gasteiger charge is -2.14. The van der Waals surface area contributed by atoms with Gasteiger partial charge in [0.05, 0.1) is 22.4 Å². The van der Waals surface area contributed by atoms with E-state index in [0.29, 0.717) is 0 Å². The van der Waals surface area contributed by atoms with Gasteiger partial charge in [0.15, 0.2) is 0 Å². The van der Waals surface area contributed by atoms with Crippen LogP contribution in [0.2, 0.25) is 0 Å². The third kappa shape index (κ3) is 5.46. The van der Waals surface area contributed by atoms with E-state index in [9.17, 15) is 21.6 Å². The first-order valence-electron chi connectivity index (χ1n) is 5.97. The predicted molar refractivity (Wildman–Crippen MR) is 72.8 cm³/mol. The zero-order valence-electron chi connectivity index (χ0n) is 11.2. The van der Waals surface area contributed by atoms with Crippen molar-refractivity contribution in [2.24, 2.45) is 0 Å². The van der Waals surface area contributed by atoms with Crippen LogP contribution in [-0.4, -0.2) is 34.1 Å². The number of halogens is 4. The van der Waals surface area contributed by atoms with E-state index in [1.807, 2.05) is 0 Å². The maximum Gasteiger partial charge on any atom is 0.417 e. The van der Waals surface area contributed by atoms with Gasteiger partial charge in [0.2, 0.25) is 10.0 Å². The number of benzene rings is 1. The fourth-order valence-corrected chi connectivity index (χ4v) is 3.14. The van der Waals surface area contributed by atoms with Crippen molar-refractivity contribution in [3.8, 4) is 0 Å². The van der Waals surface area contributed by atoms with Crippen molar-refractivity contribution < 1.29 is 26.3 Å². The van der Waals surface area contributed by atoms with Crippen molar-refractivity contribution in [1.82, 2.24) is 4.72 Å². The molecule has 0 bridgehead atoms. The molecule has 0 saturated heterocycles. The highest BCUT2D eigenvalue weighted by Crippen LogP contribution is 2.33. The van der Waals surface area contributed by atoms with Crippen LogP contribution >= 0.6 is 11.6 Å². The largest absolute Gasteiger partial charge is 0.417 e. The molecule has 1 unspecified atom stereocenters. The topological polar surface area (TPSA) is 55.4 Å². The summed E-state index contributed by atoms with van der Waals surface area (Å²) in [5.74, 6) is 0. The Hall–Kier alpha value is -0.830. The van der Waals surface area contributed by atoms with Crippen LogP contribution in [0.3, 0.4) is 0 Å². The summed E-state index contributed by atoms with van der Waals surface area (Å²) in [5.41, 5.74) is -1.20. The van der Waals surface area contributed by atoms with Gasteiger partial charge in [-0.2, -0.15) is 13.2 Å². The van der Waals surface area contributed by atoms with Gasteiger partial charge in [-0.05, 0) is 18.6 Å². The lowest BCUT2D eigenvalue weighted by atomic mass is 10.2. The molecule has 0 heterocycles. The molecule has 0 aliphatic carbocycles. The maximum absolute atomic E-state index is 12.8. The second-order valence-electron chi connectivity index (χ2n) is 4.23. The first kappa shape index (κ1) is 18.2. The first-order chi connectivity index (χ1) is 9.68. The zero-order valence-corrected chi connectivity index (χ0v) is 12.7. The molecule has 1 atom stereocenters. The normalized spacial score (nSPS) is 14.1. The zero-order chi connectivity index (χ0) is 16.1. The molecule has 21 heavy (non-hydrogen) atoms. The monoisotopic (exact) mass is 345 g/mol. The molecular formula is C12H15ClF3NO3S. The van der Waals surface area contributed by atoms with E-state index in [4.69, 9.17) is 16.3 Å². The van der Waals surface area contributed by atoms with Crippen molar-refractivity contribution in [1.29, 1.82) is 0 Å². The molecule has 0 aliphatic heterocycles. The third-order valence-electron chi connectivity index (χ3n) is 2.58. The second-order valence-corrected chi connectivity index (χ2v) is 6.59. The molecule has 9 heteroatoms. The van der Waals surface area contributed by atoms with Crippen LogP contribution < -0.4 is 4.72 Å². The van der Waals surface area contributed by atoms with E-state index in [-0.39, 0.29) is 19.6 Å². The highest BCUT2D eigenvalue weighted by atomic mass is 35.5. The fraction of sp³-hybridized carbons (Fsp3) is 0.500. The summed E-state index contributed by atoms with van der Waals surface area (Å²) in [6.45, 7) is 0.147. The van der Waals surface area contributed by atoms with E-state index in [2.05, 4.69) is 4.72 Å². The number of rotatable bonds is 7. The molecule has 120 valence electrons. The average Bonchev–Trinajstić information content (AvgIpc) is 2.38. The molecule has 0 aliphatic rings. The van der Waals surface area contributed by atoms with Crippen LogP contribution in [0.5, 0.6) is 0 Å². The molecule has 1 N–H and O–H groups in total. The number of alkyl halides is 4. The van der Waals surface area contributed by atoms with Gasteiger partial charge in [0, 0.05) is 13.7 Å². The highest BCUT2D eigenvalue weighted by molar-refractivity contribution is 7.89. The van der Waals surface area contributed by atoms with Gasteiger partial charge in [-0.25, -0.2) is 13.1 Å². The van der Waals surface area contributed by atoms with Crippen molar-refractivity contribution in [3.05, 3.63) is 29.8 Å². The summed E-state index contributed by atoms with van der Waals surface area (Å²) in [4.78, 5) is -0.796. The van der Waals surface area contributed by atoms with Crippen molar-refractivity contribution >= 4 is 21.6 Å². The third-order valence-corrected chi connectivity index (χ3v) is 4.44. The maximum atomic E-state index is 12.8. The quantitative estimate of drug-likeness (QED) is 0.773. The Morgan fingerprint density at radius 2 is 1.95 bits per heavy atom. The van der Waals surface area contributed by atoms with E-state index in [1.54, 1.807) is 0 Å². The number of methoxy groups -OCH3 is 1. The Morgan fingerprint density at radius 1 is 1.33 bits per heavy atom. The Kier molecular flexibility index (Phi) is 6.45. The molecule has 4 nitrogen and oxygen atoms in total. The SMILES string of the molecule is COCC(Cl)CCNS(=O)(=O)c1ccccc1C(F)(F)F. The number of ether oxygens (including phenoxy) is 1. The van der Waals surface area contributed by atoms with Gasteiger partial charge in [-0.3, -0.25) is 0 Å². The van der Waals surface area contributed by atoms with Crippen LogP contribution in [-0.2, 0) is 20.9 Å². The van der Waals surface area contributed by atoms with Crippen LogP contribution in [0.25, 0.3) is 0 Å². The fourth-order valence-electron chi connectivity index (χ4n) is 1.63. The minimum Gasteiger partial charge on any atom is -0.383 e. The Labute approximate surface area is 126 Å². The Bertz CT molecular complexity index is 563. The summed E-state index contributed by atoms with van der Waals surface area (Å²) in [7, 11) is -2.81. The van der Waals surface area contributed by atoms with E-state index in [0.717, 1.165) is 18.2 Å². The van der Waals surface area contributed by atoms with Gasteiger partial charge >= 0.3 is 6.18 Å². The van der Waals surface area contributed by atoms with Crippen LogP contribution in [0, 0.1) is 0 Å². The molecule has 0 spiro atoms. The molecule has 0 fully saturated rings. The summed E-state index contributed by atoms with van der Waals surface area (Å²) >= 11 is 5.82. The van der Waals surface area contributed by atoms with E-state index >= 15 is 0 Å². The summed E-state index contributed by atoms with van der Waals surface area (Å²) in [6, 6.07) is 4.01. The predicted octanol–water partition coefficient (Wildman–Crippen LogP) is 2.63. The molecule has 1 aromatic rings. The van der Waals surface area contributed by atoms with Crippen LogP contribution in [0.4, 0.5) is 13.2 Å². The van der Waals surface area contributed by atoms with Gasteiger partial charge in [-0.15, -0.1) is 11.6 Å². The molecule has 1 rings (SSSR count). The second kappa shape index (κ2) is 7.44. The van der Waals surface area contributed by atoms with E-state index < -0.39 is 32.0 Å². The molecule has 0 aromatic heterocycles. The molecule has 0 saturated carbocycles. The number of nitrogens with one attached hydrogen (secondary N) is 1. The van der Waals surface area contributed by atoms with Crippen molar-refractivity contribution in [2.75, 3.05) is 20.3 Å². The molecule has 0 amide bonds. The minimum atomic E-state index is -4.74. The molecule has 1 aromatic carbocycles. The lowest BCUT2D eigenvalue weighted by Crippen LogP contribution is -2.29. The summed E-state index contributed by atoms with van der Waals surface area (Å²) in [5, 5.41) is -0.421. The Morgan fingerprint density at radius 3 is 2.52 bits per heavy atom. The lowest BCUT2D eigenvalue weighted by molar-refractivity contribution is -0.139. The summed E-state index contributed by atoms with van der Waals surface area (Å²) in [6.07, 6.45) is -4.50. The van der Waals surface area contributed by atoms with Crippen LogP contribution in [0.15, 0.2) is 29.2 Å². The first-order valence-corrected chi connectivity index (χ1v) is 7.89. The average molecular weight is 346 g/mol. The van der Waals surface area contributed by atoms with Crippen LogP contribution in [0.1, 0.15) is 12.0 Å². The number of hydrogen-bond acceptors (Lipinski definition) is 3.